The van der Waals surface area contributed by atoms with Gasteiger partial charge < -0.3 is 46.1 Å². The summed E-state index contributed by atoms with van der Waals surface area (Å²) in [5.74, 6) is -0.200. The van der Waals surface area contributed by atoms with Crippen molar-refractivity contribution in [3.8, 4) is 16.9 Å². The van der Waals surface area contributed by atoms with Gasteiger partial charge in [0.15, 0.2) is 6.29 Å². The number of aliphatic hydroxyl groups excluding tert-OH is 2. The number of hydrogen-bond acceptors (Lipinski definition) is 9. The minimum atomic E-state index is -0.780. The number of carbonyl (C=O) groups excluding carboxylic acids is 2. The zero-order chi connectivity index (χ0) is 39.4. The van der Waals surface area contributed by atoms with Crippen molar-refractivity contribution in [2.45, 2.75) is 63.4 Å². The number of hydrogen-bond donors (Lipinski definition) is 6. The Hall–Kier alpha value is -5.56. The van der Waals surface area contributed by atoms with E-state index in [0.29, 0.717) is 49.4 Å². The summed E-state index contributed by atoms with van der Waals surface area (Å²) in [6, 6.07) is 37.5. The summed E-state index contributed by atoms with van der Waals surface area (Å²) in [6.45, 7) is 1.22. The molecule has 1 aliphatic heterocycles. The second-order valence-corrected chi connectivity index (χ2v) is 14.3. The fourth-order valence-corrected chi connectivity index (χ4v) is 6.80. The molecule has 0 bridgehead atoms. The summed E-state index contributed by atoms with van der Waals surface area (Å²) in [6.07, 6.45) is -0.422. The van der Waals surface area contributed by atoms with Gasteiger partial charge in [0.05, 0.1) is 36.3 Å². The van der Waals surface area contributed by atoms with Gasteiger partial charge in [0.2, 0.25) is 11.8 Å². The Bertz CT molecular complexity index is 2060. The number of nitrogens with one attached hydrogen (secondary N) is 2. The molecule has 1 heterocycles. The number of carbonyl (C=O) groups is 2. The highest BCUT2D eigenvalue weighted by molar-refractivity contribution is 5.94. The van der Waals surface area contributed by atoms with Crippen molar-refractivity contribution >= 4 is 23.2 Å². The summed E-state index contributed by atoms with van der Waals surface area (Å²) < 4.78 is 13.1. The number of anilines is 2. The number of nitrogen functional groups attached to an aromatic ring is 1. The van der Waals surface area contributed by atoms with Crippen LogP contribution in [0.25, 0.3) is 11.1 Å². The lowest BCUT2D eigenvalue weighted by atomic mass is 9.99. The fraction of sp³-hybridized carbons (Fsp3) is 0.289. The molecule has 1 fully saturated rings. The van der Waals surface area contributed by atoms with E-state index in [-0.39, 0.29) is 49.2 Å². The van der Waals surface area contributed by atoms with Gasteiger partial charge in [-0.15, -0.1) is 0 Å². The molecule has 11 heteroatoms. The van der Waals surface area contributed by atoms with Crippen molar-refractivity contribution in [2.24, 2.45) is 0 Å². The van der Waals surface area contributed by atoms with E-state index >= 15 is 0 Å². The molecule has 1 saturated heterocycles. The molecule has 4 atom stereocenters. The minimum Gasteiger partial charge on any atom is -0.508 e. The number of phenolic OH excluding ortho intramolecular Hbond substituents is 1. The maximum atomic E-state index is 12.6. The van der Waals surface area contributed by atoms with Gasteiger partial charge in [-0.25, -0.2) is 0 Å². The van der Waals surface area contributed by atoms with Crippen LogP contribution in [0.2, 0.25) is 0 Å². The van der Waals surface area contributed by atoms with E-state index in [1.165, 1.54) is 0 Å². The number of likely N-dealkylation sites (N-methyl/N-ethyl adjacent to an activating group) is 1. The van der Waals surface area contributed by atoms with Crippen molar-refractivity contribution in [3.05, 3.63) is 149 Å². The molecule has 0 saturated carbocycles. The number of phenols is 1. The maximum Gasteiger partial charge on any atom is 0.224 e. The summed E-state index contributed by atoms with van der Waals surface area (Å²) >= 11 is 0. The van der Waals surface area contributed by atoms with Crippen LogP contribution in [-0.2, 0) is 32.2 Å². The predicted octanol–water partition coefficient (Wildman–Crippen LogP) is 6.77. The number of aromatic hydroxyl groups is 1. The zero-order valence-corrected chi connectivity index (χ0v) is 31.5. The van der Waals surface area contributed by atoms with Gasteiger partial charge in [0.25, 0.3) is 0 Å². The molecule has 5 aromatic rings. The number of benzene rings is 5. The molecule has 0 aliphatic carbocycles. The molecule has 0 aromatic heterocycles. The van der Waals surface area contributed by atoms with Gasteiger partial charge in [0.1, 0.15) is 5.75 Å². The highest BCUT2D eigenvalue weighted by Crippen LogP contribution is 2.39. The Balaban J connectivity index is 1.05. The lowest BCUT2D eigenvalue weighted by Crippen LogP contribution is -2.39. The third-order valence-electron chi connectivity index (χ3n) is 9.85. The summed E-state index contributed by atoms with van der Waals surface area (Å²) in [5, 5.41) is 36.1. The quantitative estimate of drug-likeness (QED) is 0.0596. The summed E-state index contributed by atoms with van der Waals surface area (Å²) in [4.78, 5) is 26.9. The van der Waals surface area contributed by atoms with Gasteiger partial charge in [-0.2, -0.15) is 0 Å². The number of aliphatic hydroxyl groups is 2. The minimum absolute atomic E-state index is 0.0373. The van der Waals surface area contributed by atoms with Crippen LogP contribution in [0.5, 0.6) is 5.75 Å². The first kappa shape index (κ1) is 40.1. The number of amides is 2. The molecule has 292 valence electrons. The Morgan fingerprint density at radius 1 is 0.821 bits per heavy atom. The molecule has 7 N–H and O–H groups in total. The Morgan fingerprint density at radius 3 is 2.30 bits per heavy atom. The first-order chi connectivity index (χ1) is 27.1. The summed E-state index contributed by atoms with van der Waals surface area (Å²) in [5.41, 5.74) is 13.2. The average Bonchev–Trinajstić information content (AvgIpc) is 3.21. The van der Waals surface area contributed by atoms with Crippen molar-refractivity contribution < 1.29 is 34.4 Å². The predicted molar refractivity (Wildman–Crippen MR) is 216 cm³/mol. The second kappa shape index (κ2) is 19.3. The highest BCUT2D eigenvalue weighted by Gasteiger charge is 2.33. The van der Waals surface area contributed by atoms with Crippen LogP contribution in [0.1, 0.15) is 72.0 Å². The molecule has 0 radical (unpaired) electrons. The van der Waals surface area contributed by atoms with Gasteiger partial charge in [-0.05, 0) is 77.2 Å². The van der Waals surface area contributed by atoms with Gasteiger partial charge in [0, 0.05) is 44.5 Å². The largest absolute Gasteiger partial charge is 0.508 e. The van der Waals surface area contributed by atoms with E-state index in [2.05, 4.69) is 10.6 Å². The van der Waals surface area contributed by atoms with Crippen molar-refractivity contribution in [1.82, 2.24) is 10.2 Å². The highest BCUT2D eigenvalue weighted by atomic mass is 16.7. The Labute approximate surface area is 327 Å². The van der Waals surface area contributed by atoms with E-state index < -0.39 is 12.4 Å². The Morgan fingerprint density at radius 2 is 1.55 bits per heavy atom. The molecule has 0 spiro atoms. The van der Waals surface area contributed by atoms with Crippen LogP contribution in [0.4, 0.5) is 11.4 Å². The van der Waals surface area contributed by atoms with Gasteiger partial charge in [-0.3, -0.25) is 9.59 Å². The van der Waals surface area contributed by atoms with Crippen molar-refractivity contribution in [1.29, 1.82) is 0 Å². The SMILES string of the molecule is CN(C[C@@H]1C[C@H](c2ccc(CO)cc2)O[C@H](c2ccc(-c3cccc(CNC(=O)CCCC(=O)Nc4ccccc4N)c3)cc2)O1)C[C@@H](O)c1cccc(O)c1. The molecular formula is C45H50N4O7. The topological polar surface area (TPSA) is 167 Å². The number of para-hydroxylation sites is 2. The van der Waals surface area contributed by atoms with E-state index in [9.17, 15) is 24.9 Å². The number of ether oxygens (including phenoxy) is 2. The van der Waals surface area contributed by atoms with Gasteiger partial charge in [-0.1, -0.05) is 91.0 Å². The van der Waals surface area contributed by atoms with Crippen LogP contribution in [0.3, 0.4) is 0 Å². The smallest absolute Gasteiger partial charge is 0.224 e. The van der Waals surface area contributed by atoms with Crippen LogP contribution in [0.15, 0.2) is 121 Å². The standard InChI is InChI=1S/C45H50N4O7/c1-49(28-41(52)36-9-5-10-37(51)24-36)27-38-25-42(33-17-15-30(29-50)16-18-33)56-45(55-38)34-21-19-32(20-22-34)35-8-4-7-31(23-35)26-47-43(53)13-6-14-44(54)48-40-12-3-2-11-39(40)46/h2-5,7-12,15-24,38,41-42,45,50-52H,6,13-14,25-29,46H2,1H3,(H,47,53)(H,48,54)/t38-,41+,42+,45+/m0/s1. The second-order valence-electron chi connectivity index (χ2n) is 14.3. The summed E-state index contributed by atoms with van der Waals surface area (Å²) in [7, 11) is 1.94. The third-order valence-corrected chi connectivity index (χ3v) is 9.85. The van der Waals surface area contributed by atoms with E-state index in [1.807, 2.05) is 84.7 Å². The lowest BCUT2D eigenvalue weighted by Gasteiger charge is -2.38. The van der Waals surface area contributed by atoms with E-state index in [4.69, 9.17) is 15.2 Å². The van der Waals surface area contributed by atoms with Crippen molar-refractivity contribution in [3.63, 3.8) is 0 Å². The maximum absolute atomic E-state index is 12.6. The number of rotatable bonds is 16. The van der Waals surface area contributed by atoms with Crippen LogP contribution < -0.4 is 16.4 Å². The molecule has 1 aliphatic rings. The van der Waals surface area contributed by atoms with E-state index in [1.54, 1.807) is 48.5 Å². The molecular weight excluding hydrogens is 709 g/mol. The van der Waals surface area contributed by atoms with Crippen LogP contribution in [-0.4, -0.2) is 58.3 Å². The molecule has 5 aromatic carbocycles. The zero-order valence-electron chi connectivity index (χ0n) is 31.5. The molecule has 56 heavy (non-hydrogen) atoms. The van der Waals surface area contributed by atoms with Crippen molar-refractivity contribution in [2.75, 3.05) is 31.2 Å². The average molecular weight is 759 g/mol. The first-order valence-electron chi connectivity index (χ1n) is 18.9. The number of nitrogens with two attached hydrogens (primary N) is 1. The lowest BCUT2D eigenvalue weighted by molar-refractivity contribution is -0.252. The molecule has 11 nitrogen and oxygen atoms in total. The molecule has 0 unspecified atom stereocenters. The van der Waals surface area contributed by atoms with Gasteiger partial charge >= 0.3 is 0 Å². The monoisotopic (exact) mass is 758 g/mol. The van der Waals surface area contributed by atoms with Crippen LogP contribution >= 0.6 is 0 Å². The Kier molecular flexibility index (Phi) is 13.9. The molecule has 6 rings (SSSR count). The number of nitrogens with zero attached hydrogens (tertiary/aromatic N) is 1. The normalized spacial score (nSPS) is 17.3. The van der Waals surface area contributed by atoms with Crippen LogP contribution in [0, 0.1) is 0 Å². The van der Waals surface area contributed by atoms with E-state index in [0.717, 1.165) is 33.4 Å². The molecule has 2 amide bonds. The first-order valence-corrected chi connectivity index (χ1v) is 18.9. The fourth-order valence-electron chi connectivity index (χ4n) is 6.80. The third kappa shape index (κ3) is 11.2.